The molecule has 0 aliphatic rings. The van der Waals surface area contributed by atoms with E-state index in [1.807, 2.05) is 0 Å². The SMILES string of the molecule is CCCCCCC(N)C(=O)C(C)(O)[C@H](NC(=O)OC(C)(C)C)C(=O)OC. The van der Waals surface area contributed by atoms with Gasteiger partial charge >= 0.3 is 12.1 Å². The highest BCUT2D eigenvalue weighted by atomic mass is 16.6. The number of esters is 1. The Kier molecular flexibility index (Phi) is 9.80. The monoisotopic (exact) mass is 374 g/mol. The van der Waals surface area contributed by atoms with Gasteiger partial charge in [0, 0.05) is 0 Å². The number of nitrogens with two attached hydrogens (primary N) is 1. The number of ether oxygens (including phenoxy) is 2. The molecule has 0 aliphatic heterocycles. The third-order valence-electron chi connectivity index (χ3n) is 3.86. The van der Waals surface area contributed by atoms with Crippen molar-refractivity contribution < 1.29 is 29.0 Å². The molecule has 0 rings (SSSR count). The molecule has 4 N–H and O–H groups in total. The number of hydrogen-bond donors (Lipinski definition) is 3. The van der Waals surface area contributed by atoms with Gasteiger partial charge in [-0.3, -0.25) is 4.79 Å². The zero-order chi connectivity index (χ0) is 20.5. The zero-order valence-electron chi connectivity index (χ0n) is 16.8. The van der Waals surface area contributed by atoms with Crippen LogP contribution in [0.5, 0.6) is 0 Å². The molecule has 3 atom stereocenters. The van der Waals surface area contributed by atoms with E-state index in [4.69, 9.17) is 10.5 Å². The van der Waals surface area contributed by atoms with E-state index in [-0.39, 0.29) is 0 Å². The Morgan fingerprint density at radius 3 is 2.15 bits per heavy atom. The van der Waals surface area contributed by atoms with Crippen LogP contribution in [0.15, 0.2) is 0 Å². The fraction of sp³-hybridized carbons (Fsp3) is 0.833. The van der Waals surface area contributed by atoms with Crippen molar-refractivity contribution in [2.75, 3.05) is 7.11 Å². The molecule has 0 saturated heterocycles. The number of amides is 1. The average molecular weight is 374 g/mol. The molecule has 1 amide bonds. The van der Waals surface area contributed by atoms with Crippen molar-refractivity contribution in [1.29, 1.82) is 0 Å². The van der Waals surface area contributed by atoms with Gasteiger partial charge in [-0.2, -0.15) is 0 Å². The summed E-state index contributed by atoms with van der Waals surface area (Å²) in [7, 11) is 1.09. The second-order valence-corrected chi connectivity index (χ2v) is 7.57. The van der Waals surface area contributed by atoms with Gasteiger partial charge in [0.15, 0.2) is 17.4 Å². The topological polar surface area (TPSA) is 128 Å². The third kappa shape index (κ3) is 8.14. The minimum atomic E-state index is -2.23. The second-order valence-electron chi connectivity index (χ2n) is 7.57. The summed E-state index contributed by atoms with van der Waals surface area (Å²) in [5.74, 6) is -1.70. The van der Waals surface area contributed by atoms with Gasteiger partial charge in [-0.1, -0.05) is 32.6 Å². The maximum absolute atomic E-state index is 12.6. The van der Waals surface area contributed by atoms with Gasteiger partial charge in [0.25, 0.3) is 0 Å². The summed E-state index contributed by atoms with van der Waals surface area (Å²) in [4.78, 5) is 36.6. The Bertz CT molecular complexity index is 485. The number of hydrogen-bond acceptors (Lipinski definition) is 7. The van der Waals surface area contributed by atoms with Gasteiger partial charge in [-0.25, -0.2) is 9.59 Å². The first-order chi connectivity index (χ1) is 11.9. The van der Waals surface area contributed by atoms with Crippen molar-refractivity contribution in [2.24, 2.45) is 5.73 Å². The van der Waals surface area contributed by atoms with Gasteiger partial charge in [-0.15, -0.1) is 0 Å². The summed E-state index contributed by atoms with van der Waals surface area (Å²) in [5.41, 5.74) is 2.85. The Hall–Kier alpha value is -1.67. The van der Waals surface area contributed by atoms with Crippen LogP contribution in [0.25, 0.3) is 0 Å². The second kappa shape index (κ2) is 10.5. The Balaban J connectivity index is 5.16. The molecule has 0 aliphatic carbocycles. The van der Waals surface area contributed by atoms with E-state index < -0.39 is 41.1 Å². The number of rotatable bonds is 10. The van der Waals surface area contributed by atoms with Gasteiger partial charge in [0.2, 0.25) is 0 Å². The predicted molar refractivity (Wildman–Crippen MR) is 97.5 cm³/mol. The lowest BCUT2D eigenvalue weighted by atomic mass is 9.86. The summed E-state index contributed by atoms with van der Waals surface area (Å²) < 4.78 is 9.69. The van der Waals surface area contributed by atoms with Gasteiger partial charge in [0.05, 0.1) is 13.2 Å². The third-order valence-corrected chi connectivity index (χ3v) is 3.86. The lowest BCUT2D eigenvalue weighted by Gasteiger charge is -2.32. The van der Waals surface area contributed by atoms with Gasteiger partial charge in [0.1, 0.15) is 5.60 Å². The molecule has 8 nitrogen and oxygen atoms in total. The van der Waals surface area contributed by atoms with Crippen LogP contribution in [-0.2, 0) is 19.1 Å². The number of unbranched alkanes of at least 4 members (excludes halogenated alkanes) is 3. The first-order valence-electron chi connectivity index (χ1n) is 8.96. The molecule has 8 heteroatoms. The highest BCUT2D eigenvalue weighted by molar-refractivity contribution is 5.98. The normalized spacial score (nSPS) is 16.2. The van der Waals surface area contributed by atoms with Crippen LogP contribution in [0, 0.1) is 0 Å². The average Bonchev–Trinajstić information content (AvgIpc) is 2.53. The number of Topliss-reactive ketones (excluding diaryl/α,β-unsaturated/α-hetero) is 1. The van der Waals surface area contributed by atoms with Gasteiger partial charge in [-0.05, 0) is 34.1 Å². The molecule has 0 aromatic rings. The van der Waals surface area contributed by atoms with Crippen LogP contribution in [0.3, 0.4) is 0 Å². The maximum Gasteiger partial charge on any atom is 0.408 e. The van der Waals surface area contributed by atoms with Crippen molar-refractivity contribution in [3.05, 3.63) is 0 Å². The highest BCUT2D eigenvalue weighted by Crippen LogP contribution is 2.18. The van der Waals surface area contributed by atoms with E-state index >= 15 is 0 Å². The number of ketones is 1. The van der Waals surface area contributed by atoms with E-state index in [1.54, 1.807) is 20.8 Å². The Morgan fingerprint density at radius 2 is 1.69 bits per heavy atom. The molecule has 0 spiro atoms. The Labute approximate surface area is 155 Å². The summed E-state index contributed by atoms with van der Waals surface area (Å²) >= 11 is 0. The van der Waals surface area contributed by atoms with Crippen LogP contribution >= 0.6 is 0 Å². The first kappa shape index (κ1) is 24.3. The number of nitrogens with one attached hydrogen (secondary N) is 1. The van der Waals surface area contributed by atoms with Crippen LogP contribution in [-0.4, -0.2) is 53.3 Å². The number of carbonyl (C=O) groups is 3. The number of methoxy groups -OCH3 is 1. The van der Waals surface area contributed by atoms with Crippen LogP contribution in [0.1, 0.15) is 66.7 Å². The van der Waals surface area contributed by atoms with E-state index in [9.17, 15) is 19.5 Å². The minimum absolute atomic E-state index is 0.384. The predicted octanol–water partition coefficient (Wildman–Crippen LogP) is 1.67. The lowest BCUT2D eigenvalue weighted by Crippen LogP contribution is -2.63. The molecule has 0 radical (unpaired) electrons. The largest absolute Gasteiger partial charge is 0.467 e. The molecule has 0 saturated carbocycles. The Morgan fingerprint density at radius 1 is 1.12 bits per heavy atom. The quantitative estimate of drug-likeness (QED) is 0.392. The molecule has 152 valence electrons. The molecule has 26 heavy (non-hydrogen) atoms. The van der Waals surface area contributed by atoms with E-state index in [2.05, 4.69) is 17.0 Å². The highest BCUT2D eigenvalue weighted by Gasteiger charge is 2.47. The molecule has 0 bridgehead atoms. The molecular formula is C18H34N2O6. The van der Waals surface area contributed by atoms with Crippen LogP contribution < -0.4 is 11.1 Å². The van der Waals surface area contributed by atoms with Crippen molar-refractivity contribution in [3.63, 3.8) is 0 Å². The van der Waals surface area contributed by atoms with Gasteiger partial charge < -0.3 is 25.6 Å². The number of aliphatic hydroxyl groups is 1. The fourth-order valence-corrected chi connectivity index (χ4v) is 2.41. The molecule has 0 aromatic heterocycles. The summed E-state index contributed by atoms with van der Waals surface area (Å²) in [6.07, 6.45) is 3.18. The molecular weight excluding hydrogens is 340 g/mol. The van der Waals surface area contributed by atoms with Crippen molar-refractivity contribution in [3.8, 4) is 0 Å². The summed E-state index contributed by atoms with van der Waals surface area (Å²) in [6.45, 7) is 8.15. The minimum Gasteiger partial charge on any atom is -0.467 e. The summed E-state index contributed by atoms with van der Waals surface area (Å²) in [5, 5.41) is 12.9. The van der Waals surface area contributed by atoms with Crippen LogP contribution in [0.2, 0.25) is 0 Å². The number of carbonyl (C=O) groups excluding carboxylic acids is 3. The summed E-state index contributed by atoms with van der Waals surface area (Å²) in [6, 6.07) is -2.58. The molecule has 0 fully saturated rings. The van der Waals surface area contributed by atoms with Crippen LogP contribution in [0.4, 0.5) is 4.79 Å². The van der Waals surface area contributed by atoms with E-state index in [1.165, 1.54) is 0 Å². The fourth-order valence-electron chi connectivity index (χ4n) is 2.41. The molecule has 0 aromatic carbocycles. The number of alkyl carbamates (subject to hydrolysis) is 1. The molecule has 0 heterocycles. The van der Waals surface area contributed by atoms with Crippen molar-refractivity contribution >= 4 is 17.8 Å². The zero-order valence-corrected chi connectivity index (χ0v) is 16.8. The van der Waals surface area contributed by atoms with E-state index in [0.717, 1.165) is 39.7 Å². The van der Waals surface area contributed by atoms with Crippen molar-refractivity contribution in [2.45, 2.75) is 90.0 Å². The first-order valence-corrected chi connectivity index (χ1v) is 8.96. The molecule has 2 unspecified atom stereocenters. The van der Waals surface area contributed by atoms with E-state index in [0.29, 0.717) is 6.42 Å². The maximum atomic E-state index is 12.6. The smallest absolute Gasteiger partial charge is 0.408 e. The van der Waals surface area contributed by atoms with Crippen molar-refractivity contribution in [1.82, 2.24) is 5.32 Å². The standard InChI is InChI=1S/C18H34N2O6/c1-7-8-9-10-11-12(19)14(21)18(5,24)13(15(22)25-6)20-16(23)26-17(2,3)4/h12-13,24H,7-11,19H2,1-6H3,(H,20,23)/t12?,13-,18?/m1/s1. The lowest BCUT2D eigenvalue weighted by molar-refractivity contribution is -0.157.